The van der Waals surface area contributed by atoms with E-state index in [2.05, 4.69) is 17.2 Å². The molecule has 1 rings (SSSR count). The average molecular weight is 314 g/mol. The number of carbonyl (C=O) groups excluding carboxylic acids is 1. The first-order valence-electron chi connectivity index (χ1n) is 7.36. The number of nitrogens with zero attached hydrogens (tertiary/aromatic N) is 2. The second kappa shape index (κ2) is 9.58. The van der Waals surface area contributed by atoms with Gasteiger partial charge in [-0.25, -0.2) is 4.98 Å². The largest absolute Gasteiger partial charge is 0.396 e. The lowest BCUT2D eigenvalue weighted by Crippen LogP contribution is -2.29. The summed E-state index contributed by atoms with van der Waals surface area (Å²) in [5.74, 6) is 0.488. The molecule has 0 aliphatic rings. The monoisotopic (exact) mass is 313 g/mol. The number of amides is 1. The van der Waals surface area contributed by atoms with Gasteiger partial charge in [-0.15, -0.1) is 0 Å². The molecule has 6 heteroatoms. The first-order chi connectivity index (χ1) is 10.1. The number of halogens is 1. The van der Waals surface area contributed by atoms with E-state index in [9.17, 15) is 4.79 Å². The van der Waals surface area contributed by atoms with E-state index < -0.39 is 0 Å². The molecular formula is C15H24ClN3O2. The van der Waals surface area contributed by atoms with Gasteiger partial charge in [0.1, 0.15) is 11.5 Å². The van der Waals surface area contributed by atoms with Crippen molar-refractivity contribution in [1.82, 2.24) is 9.88 Å². The van der Waals surface area contributed by atoms with Crippen LogP contribution in [-0.2, 0) is 0 Å². The van der Waals surface area contributed by atoms with Gasteiger partial charge >= 0.3 is 0 Å². The molecule has 0 aromatic carbocycles. The zero-order chi connectivity index (χ0) is 15.7. The lowest BCUT2D eigenvalue weighted by atomic mass is 10.2. The first kappa shape index (κ1) is 17.7. The predicted octanol–water partition coefficient (Wildman–Crippen LogP) is 2.79. The average Bonchev–Trinajstić information content (AvgIpc) is 2.49. The minimum Gasteiger partial charge on any atom is -0.396 e. The van der Waals surface area contributed by atoms with Gasteiger partial charge in [0.15, 0.2) is 0 Å². The van der Waals surface area contributed by atoms with Crippen LogP contribution in [0.1, 0.15) is 43.1 Å². The number of anilines is 1. The summed E-state index contributed by atoms with van der Waals surface area (Å²) in [5, 5.41) is 12.3. The van der Waals surface area contributed by atoms with Crippen molar-refractivity contribution in [1.29, 1.82) is 0 Å². The Labute approximate surface area is 131 Å². The Bertz CT molecular complexity index is 455. The maximum Gasteiger partial charge on any atom is 0.273 e. The summed E-state index contributed by atoms with van der Waals surface area (Å²) in [5.41, 5.74) is 0.280. The minimum absolute atomic E-state index is 0.177. The van der Waals surface area contributed by atoms with Crippen molar-refractivity contribution in [3.05, 3.63) is 22.8 Å². The van der Waals surface area contributed by atoms with Crippen molar-refractivity contribution >= 4 is 23.3 Å². The summed E-state index contributed by atoms with van der Waals surface area (Å²) in [7, 11) is 1.74. The van der Waals surface area contributed by atoms with Crippen LogP contribution in [0.25, 0.3) is 0 Å². The summed E-state index contributed by atoms with van der Waals surface area (Å²) in [4.78, 5) is 18.3. The lowest BCUT2D eigenvalue weighted by molar-refractivity contribution is 0.0786. The summed E-state index contributed by atoms with van der Waals surface area (Å²) in [6, 6.07) is 3.47. The molecule has 0 bridgehead atoms. The Morgan fingerprint density at radius 2 is 2.14 bits per heavy atom. The Morgan fingerprint density at radius 1 is 1.38 bits per heavy atom. The molecular weight excluding hydrogens is 290 g/mol. The Balaban J connectivity index is 2.66. The van der Waals surface area contributed by atoms with E-state index in [0.29, 0.717) is 17.4 Å². The van der Waals surface area contributed by atoms with Crippen LogP contribution < -0.4 is 5.32 Å². The third kappa shape index (κ3) is 5.89. The van der Waals surface area contributed by atoms with E-state index in [4.69, 9.17) is 16.7 Å². The number of aliphatic hydroxyl groups is 1. The fourth-order valence-electron chi connectivity index (χ4n) is 1.86. The molecule has 0 unspecified atom stereocenters. The predicted molar refractivity (Wildman–Crippen MR) is 85.9 cm³/mol. The highest BCUT2D eigenvalue weighted by atomic mass is 35.5. The van der Waals surface area contributed by atoms with Crippen molar-refractivity contribution in [3.8, 4) is 0 Å². The zero-order valence-corrected chi connectivity index (χ0v) is 13.5. The fourth-order valence-corrected chi connectivity index (χ4v) is 2.05. The van der Waals surface area contributed by atoms with Gasteiger partial charge in [0.05, 0.1) is 5.02 Å². The second-order valence-electron chi connectivity index (χ2n) is 4.96. The van der Waals surface area contributed by atoms with Crippen LogP contribution in [0.4, 0.5) is 5.82 Å². The maximum absolute atomic E-state index is 12.4. The molecule has 0 atom stereocenters. The van der Waals surface area contributed by atoms with E-state index in [1.165, 1.54) is 0 Å². The number of hydrogen-bond donors (Lipinski definition) is 2. The first-order valence-corrected chi connectivity index (χ1v) is 7.74. The SMILES string of the molecule is CCCNc1ccc(Cl)c(C(=O)N(C)CCCCCO)n1. The number of aliphatic hydroxyl groups excluding tert-OH is 1. The Morgan fingerprint density at radius 3 is 2.81 bits per heavy atom. The van der Waals surface area contributed by atoms with Crippen LogP contribution in [0.15, 0.2) is 12.1 Å². The van der Waals surface area contributed by atoms with E-state index in [0.717, 1.165) is 32.2 Å². The maximum atomic E-state index is 12.4. The molecule has 21 heavy (non-hydrogen) atoms. The molecule has 0 aliphatic carbocycles. The van der Waals surface area contributed by atoms with Gasteiger partial charge in [0.25, 0.3) is 5.91 Å². The van der Waals surface area contributed by atoms with Crippen LogP contribution >= 0.6 is 11.6 Å². The standard InChI is InChI=1S/C15H24ClN3O2/c1-3-9-17-13-8-7-12(16)14(18-13)15(21)19(2)10-5-4-6-11-20/h7-8,20H,3-6,9-11H2,1-2H3,(H,17,18). The topological polar surface area (TPSA) is 65.5 Å². The number of aromatic nitrogens is 1. The molecule has 1 aromatic heterocycles. The van der Waals surface area contributed by atoms with Crippen molar-refractivity contribution in [2.24, 2.45) is 0 Å². The van der Waals surface area contributed by atoms with Crippen molar-refractivity contribution in [2.45, 2.75) is 32.6 Å². The summed E-state index contributed by atoms with van der Waals surface area (Å²) in [6.07, 6.45) is 3.50. The molecule has 0 saturated heterocycles. The molecule has 0 aliphatic heterocycles. The lowest BCUT2D eigenvalue weighted by Gasteiger charge is -2.17. The number of pyridine rings is 1. The molecule has 0 fully saturated rings. The van der Waals surface area contributed by atoms with E-state index in [-0.39, 0.29) is 18.2 Å². The quantitative estimate of drug-likeness (QED) is 0.688. The van der Waals surface area contributed by atoms with Gasteiger partial charge in [-0.05, 0) is 37.8 Å². The summed E-state index contributed by atoms with van der Waals surface area (Å²) >= 11 is 6.08. The van der Waals surface area contributed by atoms with Gasteiger partial charge in [0, 0.05) is 26.7 Å². The Hall–Kier alpha value is -1.33. The zero-order valence-electron chi connectivity index (χ0n) is 12.7. The number of rotatable bonds is 9. The molecule has 2 N–H and O–H groups in total. The second-order valence-corrected chi connectivity index (χ2v) is 5.37. The highest BCUT2D eigenvalue weighted by Gasteiger charge is 2.17. The molecule has 1 amide bonds. The van der Waals surface area contributed by atoms with Crippen LogP contribution in [-0.4, -0.2) is 47.6 Å². The molecule has 5 nitrogen and oxygen atoms in total. The van der Waals surface area contributed by atoms with Gasteiger partial charge in [-0.3, -0.25) is 4.79 Å². The van der Waals surface area contributed by atoms with E-state index in [1.54, 1.807) is 24.1 Å². The van der Waals surface area contributed by atoms with Gasteiger partial charge in [-0.2, -0.15) is 0 Å². The van der Waals surface area contributed by atoms with Gasteiger partial charge < -0.3 is 15.3 Å². The van der Waals surface area contributed by atoms with Gasteiger partial charge in [0.2, 0.25) is 0 Å². The number of unbranched alkanes of at least 4 members (excludes halogenated alkanes) is 2. The molecule has 1 heterocycles. The molecule has 0 saturated carbocycles. The van der Waals surface area contributed by atoms with Crippen LogP contribution in [0.5, 0.6) is 0 Å². The minimum atomic E-state index is -0.177. The third-order valence-corrected chi connectivity index (χ3v) is 3.41. The van der Waals surface area contributed by atoms with Crippen molar-refractivity contribution < 1.29 is 9.90 Å². The van der Waals surface area contributed by atoms with Gasteiger partial charge in [-0.1, -0.05) is 18.5 Å². The third-order valence-electron chi connectivity index (χ3n) is 3.10. The number of carbonyl (C=O) groups is 1. The highest BCUT2D eigenvalue weighted by molar-refractivity contribution is 6.33. The van der Waals surface area contributed by atoms with E-state index in [1.807, 2.05) is 0 Å². The summed E-state index contributed by atoms with van der Waals surface area (Å²) < 4.78 is 0. The highest BCUT2D eigenvalue weighted by Crippen LogP contribution is 2.18. The van der Waals surface area contributed by atoms with E-state index >= 15 is 0 Å². The fraction of sp³-hybridized carbons (Fsp3) is 0.600. The van der Waals surface area contributed by atoms with Crippen molar-refractivity contribution in [2.75, 3.05) is 32.1 Å². The molecule has 118 valence electrons. The number of hydrogen-bond acceptors (Lipinski definition) is 4. The normalized spacial score (nSPS) is 10.5. The van der Waals surface area contributed by atoms with Crippen LogP contribution in [0, 0.1) is 0 Å². The van der Waals surface area contributed by atoms with Crippen LogP contribution in [0.2, 0.25) is 5.02 Å². The summed E-state index contributed by atoms with van der Waals surface area (Å²) in [6.45, 7) is 3.69. The molecule has 1 aromatic rings. The van der Waals surface area contributed by atoms with Crippen LogP contribution in [0.3, 0.4) is 0 Å². The Kier molecular flexibility index (Phi) is 8.08. The number of nitrogens with one attached hydrogen (secondary N) is 1. The molecule has 0 radical (unpaired) electrons. The smallest absolute Gasteiger partial charge is 0.273 e. The van der Waals surface area contributed by atoms with Crippen molar-refractivity contribution in [3.63, 3.8) is 0 Å². The molecule has 0 spiro atoms.